The summed E-state index contributed by atoms with van der Waals surface area (Å²) in [7, 11) is -3.05. The summed E-state index contributed by atoms with van der Waals surface area (Å²) in [6.45, 7) is 0. The largest absolute Gasteiger partial charge is 0.309 e. The number of hydrogen-bond acceptors (Lipinski definition) is 2. The molecular weight excluding hydrogens is 303 g/mol. The van der Waals surface area contributed by atoms with E-state index in [4.69, 9.17) is 0 Å². The minimum absolute atomic E-state index is 0.0294. The summed E-state index contributed by atoms with van der Waals surface area (Å²) in [5.74, 6) is 0.0294. The molecule has 1 aliphatic heterocycles. The van der Waals surface area contributed by atoms with Crippen LogP contribution in [0, 0.1) is 0 Å². The molecule has 0 N–H and O–H groups in total. The molecule has 1 unspecified atom stereocenters. The topological polar surface area (TPSA) is 34.1 Å². The summed E-state index contributed by atoms with van der Waals surface area (Å²) in [5, 5.41) is 2.21. The molecule has 3 aromatic rings. The molecule has 1 aliphatic rings. The van der Waals surface area contributed by atoms with Gasteiger partial charge in [0.25, 0.3) is 0 Å². The number of carbonyl (C=O) groups excluding carboxylic acids is 1. The van der Waals surface area contributed by atoms with Crippen LogP contribution in [0.25, 0.3) is 0 Å². The Morgan fingerprint density at radius 3 is 2.09 bits per heavy atom. The lowest BCUT2D eigenvalue weighted by molar-refractivity contribution is 0.0994. The van der Waals surface area contributed by atoms with Crippen LogP contribution in [0.2, 0.25) is 0 Å². The maximum atomic E-state index is 14.3. The van der Waals surface area contributed by atoms with Gasteiger partial charge in [-0.2, -0.15) is 0 Å². The van der Waals surface area contributed by atoms with Gasteiger partial charge in [-0.05, 0) is 5.56 Å². The lowest BCUT2D eigenvalue weighted by atomic mass is 10.0. The van der Waals surface area contributed by atoms with Crippen molar-refractivity contribution >= 4 is 28.8 Å². The maximum Gasteiger partial charge on any atom is 0.172 e. The minimum Gasteiger partial charge on any atom is -0.309 e. The van der Waals surface area contributed by atoms with Crippen LogP contribution in [0.15, 0.2) is 78.9 Å². The number of carbonyl (C=O) groups is 1. The summed E-state index contributed by atoms with van der Waals surface area (Å²) >= 11 is 0. The third kappa shape index (κ3) is 2.10. The van der Waals surface area contributed by atoms with E-state index in [2.05, 4.69) is 0 Å². The molecule has 0 aliphatic carbocycles. The van der Waals surface area contributed by atoms with Gasteiger partial charge >= 0.3 is 0 Å². The number of Topliss-reactive ketones (excluding diaryl/α,β-unsaturated/α-hetero) is 1. The highest BCUT2D eigenvalue weighted by Crippen LogP contribution is 2.45. The molecule has 1 atom stereocenters. The van der Waals surface area contributed by atoms with Gasteiger partial charge in [0.1, 0.15) is 0 Å². The Bertz CT molecular complexity index is 945. The van der Waals surface area contributed by atoms with E-state index in [0.717, 1.165) is 16.2 Å². The summed E-state index contributed by atoms with van der Waals surface area (Å²) in [5.41, 5.74) is 1.44. The third-order valence-corrected chi connectivity index (χ3v) is 7.55. The van der Waals surface area contributed by atoms with Crippen molar-refractivity contribution in [3.05, 3.63) is 90.0 Å². The Morgan fingerprint density at radius 2 is 1.30 bits per heavy atom. The third-order valence-electron chi connectivity index (χ3n) is 4.35. The van der Waals surface area contributed by atoms with Crippen LogP contribution >= 0.6 is 7.14 Å². The van der Waals surface area contributed by atoms with E-state index in [9.17, 15) is 9.36 Å². The zero-order valence-corrected chi connectivity index (χ0v) is 13.4. The van der Waals surface area contributed by atoms with Gasteiger partial charge < -0.3 is 4.57 Å². The number of fused-ring (bicyclic) bond motifs is 2. The molecule has 0 aromatic heterocycles. The molecular formula is C20H15O2P. The van der Waals surface area contributed by atoms with Crippen molar-refractivity contribution in [2.24, 2.45) is 0 Å². The van der Waals surface area contributed by atoms with Crippen LogP contribution in [0.5, 0.6) is 0 Å². The predicted molar refractivity (Wildman–Crippen MR) is 93.9 cm³/mol. The van der Waals surface area contributed by atoms with Crippen molar-refractivity contribution in [2.75, 3.05) is 0 Å². The molecule has 0 fully saturated rings. The fraction of sp³-hybridized carbons (Fsp3) is 0.0500. The molecule has 2 nitrogen and oxygen atoms in total. The fourth-order valence-electron chi connectivity index (χ4n) is 3.27. The quantitative estimate of drug-likeness (QED) is 0.646. The van der Waals surface area contributed by atoms with Gasteiger partial charge in [0.15, 0.2) is 12.9 Å². The van der Waals surface area contributed by atoms with E-state index in [1.165, 1.54) is 0 Å². The second-order valence-corrected chi connectivity index (χ2v) is 8.39. The van der Waals surface area contributed by atoms with Crippen molar-refractivity contribution in [3.63, 3.8) is 0 Å². The van der Waals surface area contributed by atoms with Gasteiger partial charge in [-0.1, -0.05) is 78.9 Å². The first-order valence-electron chi connectivity index (χ1n) is 7.58. The van der Waals surface area contributed by atoms with Gasteiger partial charge in [-0.3, -0.25) is 4.79 Å². The monoisotopic (exact) mass is 318 g/mol. The first-order valence-corrected chi connectivity index (χ1v) is 9.29. The zero-order valence-electron chi connectivity index (χ0n) is 12.5. The Balaban J connectivity index is 2.15. The van der Waals surface area contributed by atoms with Crippen LogP contribution in [-0.2, 0) is 11.0 Å². The molecule has 0 saturated carbocycles. The van der Waals surface area contributed by atoms with E-state index in [-0.39, 0.29) is 5.78 Å². The summed E-state index contributed by atoms with van der Waals surface area (Å²) in [6, 6.07) is 24.4. The Hall–Kier alpha value is -2.44. The molecule has 0 radical (unpaired) electrons. The number of rotatable bonds is 1. The van der Waals surface area contributed by atoms with Gasteiger partial charge in [0, 0.05) is 27.9 Å². The van der Waals surface area contributed by atoms with Gasteiger partial charge in [0.2, 0.25) is 0 Å². The number of hydrogen-bond donors (Lipinski definition) is 0. The van der Waals surface area contributed by atoms with E-state index in [1.807, 2.05) is 72.8 Å². The van der Waals surface area contributed by atoms with Crippen molar-refractivity contribution in [3.8, 4) is 0 Å². The van der Waals surface area contributed by atoms with Crippen LogP contribution in [0.4, 0.5) is 0 Å². The molecule has 3 aromatic carbocycles. The Labute approximate surface area is 135 Å². The van der Waals surface area contributed by atoms with E-state index >= 15 is 0 Å². The predicted octanol–water partition coefficient (Wildman–Crippen LogP) is 3.06. The SMILES string of the molecule is O=C1Cc2ccccc2P(=O)(c2ccccc2)c2ccccc21. The zero-order chi connectivity index (χ0) is 15.9. The Kier molecular flexibility index (Phi) is 3.28. The first-order chi connectivity index (χ1) is 11.2. The molecule has 0 saturated heterocycles. The van der Waals surface area contributed by atoms with E-state index < -0.39 is 7.14 Å². The second kappa shape index (κ2) is 5.33. The average Bonchev–Trinajstić information content (AvgIpc) is 2.71. The molecule has 0 spiro atoms. The highest BCUT2D eigenvalue weighted by Gasteiger charge is 2.37. The molecule has 112 valence electrons. The fourth-order valence-corrected chi connectivity index (χ4v) is 6.36. The Morgan fingerprint density at radius 1 is 0.696 bits per heavy atom. The maximum absolute atomic E-state index is 14.3. The standard InChI is InChI=1S/C20H15O2P/c21-18-14-15-8-4-6-12-19(15)23(22,16-9-2-1-3-10-16)20-13-7-5-11-17(18)20/h1-13H,14H2. The molecule has 4 rings (SSSR count). The first kappa shape index (κ1) is 14.2. The van der Waals surface area contributed by atoms with Gasteiger partial charge in [-0.25, -0.2) is 0 Å². The highest BCUT2D eigenvalue weighted by atomic mass is 31.2. The van der Waals surface area contributed by atoms with Crippen molar-refractivity contribution < 1.29 is 9.36 Å². The minimum atomic E-state index is -3.05. The van der Waals surface area contributed by atoms with Crippen molar-refractivity contribution in [1.82, 2.24) is 0 Å². The van der Waals surface area contributed by atoms with Crippen molar-refractivity contribution in [2.45, 2.75) is 6.42 Å². The van der Waals surface area contributed by atoms with Crippen LogP contribution < -0.4 is 15.9 Å². The average molecular weight is 318 g/mol. The molecule has 1 heterocycles. The molecule has 3 heteroatoms. The van der Waals surface area contributed by atoms with Crippen molar-refractivity contribution in [1.29, 1.82) is 0 Å². The summed E-state index contributed by atoms with van der Waals surface area (Å²) in [4.78, 5) is 12.7. The van der Waals surface area contributed by atoms with Gasteiger partial charge in [0.05, 0.1) is 0 Å². The summed E-state index contributed by atoms with van der Waals surface area (Å²) < 4.78 is 14.3. The highest BCUT2D eigenvalue weighted by molar-refractivity contribution is 7.85. The van der Waals surface area contributed by atoms with Crippen LogP contribution in [0.1, 0.15) is 15.9 Å². The molecule has 23 heavy (non-hydrogen) atoms. The smallest absolute Gasteiger partial charge is 0.172 e. The van der Waals surface area contributed by atoms with E-state index in [0.29, 0.717) is 17.3 Å². The van der Waals surface area contributed by atoms with Gasteiger partial charge in [-0.15, -0.1) is 0 Å². The lowest BCUT2D eigenvalue weighted by Gasteiger charge is -2.21. The van der Waals surface area contributed by atoms with E-state index in [1.54, 1.807) is 6.07 Å². The van der Waals surface area contributed by atoms with Crippen LogP contribution in [-0.4, -0.2) is 5.78 Å². The summed E-state index contributed by atoms with van der Waals surface area (Å²) in [6.07, 6.45) is 0.296. The number of benzene rings is 3. The molecule has 0 bridgehead atoms. The number of ketones is 1. The molecule has 0 amide bonds. The normalized spacial score (nSPS) is 19.6. The lowest BCUT2D eigenvalue weighted by Crippen LogP contribution is -2.27. The second-order valence-electron chi connectivity index (χ2n) is 5.69. The van der Waals surface area contributed by atoms with Crippen LogP contribution in [0.3, 0.4) is 0 Å².